The number of carbonyl (C=O) groups excluding carboxylic acids is 1. The molecular formula is C20H24N4O4S. The molecule has 1 saturated heterocycles. The topological polar surface area (TPSA) is 107 Å². The van der Waals surface area contributed by atoms with E-state index in [0.717, 1.165) is 11.1 Å². The zero-order valence-corrected chi connectivity index (χ0v) is 17.5. The van der Waals surface area contributed by atoms with Crippen molar-refractivity contribution in [3.8, 4) is 0 Å². The Morgan fingerprint density at radius 2 is 2.07 bits per heavy atom. The average molecular weight is 417 g/mol. The van der Waals surface area contributed by atoms with Gasteiger partial charge in [-0.15, -0.1) is 0 Å². The lowest BCUT2D eigenvalue weighted by molar-refractivity contribution is -0.115. The van der Waals surface area contributed by atoms with Gasteiger partial charge in [0.2, 0.25) is 5.91 Å². The highest BCUT2D eigenvalue weighted by Gasteiger charge is 2.33. The van der Waals surface area contributed by atoms with Crippen molar-refractivity contribution < 1.29 is 17.7 Å². The van der Waals surface area contributed by atoms with Crippen molar-refractivity contribution >= 4 is 32.5 Å². The molecule has 1 amide bonds. The molecule has 1 N–H and O–H groups in total. The van der Waals surface area contributed by atoms with E-state index in [1.165, 1.54) is 0 Å². The minimum atomic E-state index is -3.08. The molecule has 2 aromatic heterocycles. The highest BCUT2D eigenvalue weighted by Crippen LogP contribution is 2.31. The number of nitrogens with zero attached hydrogens (tertiary/aromatic N) is 3. The van der Waals surface area contributed by atoms with E-state index in [2.05, 4.69) is 15.6 Å². The fourth-order valence-corrected chi connectivity index (χ4v) is 5.20. The maximum atomic E-state index is 12.7. The summed E-state index contributed by atoms with van der Waals surface area (Å²) in [6.07, 6.45) is 0.542. The lowest BCUT2D eigenvalue weighted by atomic mass is 9.92. The van der Waals surface area contributed by atoms with Crippen LogP contribution in [0.2, 0.25) is 0 Å². The van der Waals surface area contributed by atoms with Crippen molar-refractivity contribution in [3.05, 3.63) is 41.7 Å². The molecule has 0 spiro atoms. The Balaban J connectivity index is 1.60. The number of aromatic nitrogens is 3. The molecule has 9 heteroatoms. The summed E-state index contributed by atoms with van der Waals surface area (Å²) in [5.74, 6) is 0.428. The zero-order chi connectivity index (χ0) is 20.8. The molecule has 29 heavy (non-hydrogen) atoms. The van der Waals surface area contributed by atoms with Gasteiger partial charge < -0.3 is 9.84 Å². The van der Waals surface area contributed by atoms with Crippen molar-refractivity contribution in [1.29, 1.82) is 0 Å². The summed E-state index contributed by atoms with van der Waals surface area (Å²) in [5.41, 5.74) is 1.75. The second-order valence-corrected chi connectivity index (χ2v) is 10.7. The van der Waals surface area contributed by atoms with Crippen molar-refractivity contribution in [2.45, 2.75) is 45.1 Å². The molecule has 154 valence electrons. The minimum Gasteiger partial charge on any atom is -0.356 e. The average Bonchev–Trinajstić information content (AvgIpc) is 3.32. The van der Waals surface area contributed by atoms with Gasteiger partial charge in [-0.1, -0.05) is 38.1 Å². The van der Waals surface area contributed by atoms with Gasteiger partial charge in [0.25, 0.3) is 0 Å². The summed E-state index contributed by atoms with van der Waals surface area (Å²) in [5, 5.41) is 12.3. The Labute approximate surface area is 169 Å². The molecule has 1 aliphatic rings. The molecule has 1 atom stereocenters. The predicted octanol–water partition coefficient (Wildman–Crippen LogP) is 2.86. The molecule has 4 rings (SSSR count). The van der Waals surface area contributed by atoms with Crippen LogP contribution in [0, 0.1) is 0 Å². The quantitative estimate of drug-likeness (QED) is 0.701. The molecule has 0 bridgehead atoms. The monoisotopic (exact) mass is 416 g/mol. The Morgan fingerprint density at radius 3 is 2.76 bits per heavy atom. The third-order valence-corrected chi connectivity index (χ3v) is 6.86. The van der Waals surface area contributed by atoms with Crippen molar-refractivity contribution in [3.63, 3.8) is 0 Å². The summed E-state index contributed by atoms with van der Waals surface area (Å²) in [6, 6.07) is 8.92. The SMILES string of the molecule is CC(C)(C)c1cc(NC(=O)Cc2noc3ccccc23)n([C@H]2CCS(=O)(=O)C2)n1. The van der Waals surface area contributed by atoms with E-state index in [-0.39, 0.29) is 35.3 Å². The number of nitrogens with one attached hydrogen (secondary N) is 1. The van der Waals surface area contributed by atoms with Gasteiger partial charge in [-0.25, -0.2) is 13.1 Å². The normalized spacial score (nSPS) is 18.9. The molecule has 0 saturated carbocycles. The van der Waals surface area contributed by atoms with Gasteiger partial charge in [-0.3, -0.25) is 4.79 Å². The maximum Gasteiger partial charge on any atom is 0.231 e. The molecule has 3 aromatic rings. The largest absolute Gasteiger partial charge is 0.356 e. The molecule has 0 radical (unpaired) electrons. The van der Waals surface area contributed by atoms with E-state index in [0.29, 0.717) is 23.5 Å². The molecule has 1 aliphatic heterocycles. The first kappa shape index (κ1) is 19.6. The Morgan fingerprint density at radius 1 is 1.31 bits per heavy atom. The van der Waals surface area contributed by atoms with Crippen molar-refractivity contribution in [2.75, 3.05) is 16.8 Å². The number of fused-ring (bicyclic) bond motifs is 1. The Kier molecular flexibility index (Phi) is 4.72. The number of rotatable bonds is 4. The standard InChI is InChI=1S/C20H24N4O4S/c1-20(2,3)17-11-18(24(22-17)13-8-9-29(26,27)12-13)21-19(25)10-15-14-6-4-5-7-16(14)28-23-15/h4-7,11,13H,8-10,12H2,1-3H3,(H,21,25)/t13-/m0/s1. The van der Waals surface area contributed by atoms with Gasteiger partial charge in [0.1, 0.15) is 11.5 Å². The minimum absolute atomic E-state index is 0.0368. The predicted molar refractivity (Wildman–Crippen MR) is 110 cm³/mol. The molecular weight excluding hydrogens is 392 g/mol. The van der Waals surface area contributed by atoms with Gasteiger partial charge in [0, 0.05) is 16.9 Å². The number of sulfone groups is 1. The maximum absolute atomic E-state index is 12.7. The molecule has 0 aliphatic carbocycles. The smallest absolute Gasteiger partial charge is 0.231 e. The Hall–Kier alpha value is -2.68. The van der Waals surface area contributed by atoms with Crippen LogP contribution in [-0.4, -0.2) is 40.8 Å². The van der Waals surface area contributed by atoms with Gasteiger partial charge in [0.15, 0.2) is 15.4 Å². The summed E-state index contributed by atoms with van der Waals surface area (Å²) in [4.78, 5) is 12.7. The first-order valence-electron chi connectivity index (χ1n) is 9.56. The van der Waals surface area contributed by atoms with E-state index in [9.17, 15) is 13.2 Å². The van der Waals surface area contributed by atoms with Crippen LogP contribution in [0.5, 0.6) is 0 Å². The van der Waals surface area contributed by atoms with Crippen LogP contribution in [-0.2, 0) is 26.5 Å². The number of hydrogen-bond acceptors (Lipinski definition) is 6. The van der Waals surface area contributed by atoms with Crippen molar-refractivity contribution in [1.82, 2.24) is 14.9 Å². The van der Waals surface area contributed by atoms with Gasteiger partial charge >= 0.3 is 0 Å². The molecule has 1 fully saturated rings. The van der Waals surface area contributed by atoms with Gasteiger partial charge in [-0.05, 0) is 18.6 Å². The molecule has 3 heterocycles. The second kappa shape index (κ2) is 6.98. The van der Waals surface area contributed by atoms with Gasteiger partial charge in [0.05, 0.1) is 29.7 Å². The first-order chi connectivity index (χ1) is 13.6. The summed E-state index contributed by atoms with van der Waals surface area (Å²) >= 11 is 0. The van der Waals surface area contributed by atoms with E-state index in [1.54, 1.807) is 10.7 Å². The van der Waals surface area contributed by atoms with Crippen LogP contribution in [0.25, 0.3) is 11.0 Å². The number of anilines is 1. The summed E-state index contributed by atoms with van der Waals surface area (Å²) in [6.45, 7) is 6.08. The van der Waals surface area contributed by atoms with E-state index in [1.807, 2.05) is 45.0 Å². The highest BCUT2D eigenvalue weighted by molar-refractivity contribution is 7.91. The second-order valence-electron chi connectivity index (χ2n) is 8.52. The number of benzene rings is 1. The number of hydrogen-bond donors (Lipinski definition) is 1. The van der Waals surface area contributed by atoms with Crippen LogP contribution in [0.4, 0.5) is 5.82 Å². The van der Waals surface area contributed by atoms with Crippen LogP contribution in [0.15, 0.2) is 34.9 Å². The lowest BCUT2D eigenvalue weighted by Crippen LogP contribution is -2.21. The van der Waals surface area contributed by atoms with Crippen LogP contribution in [0.1, 0.15) is 44.6 Å². The Bertz CT molecular complexity index is 1170. The van der Waals surface area contributed by atoms with Gasteiger partial charge in [-0.2, -0.15) is 5.10 Å². The first-order valence-corrected chi connectivity index (χ1v) is 11.4. The molecule has 1 aromatic carbocycles. The van der Waals surface area contributed by atoms with Crippen LogP contribution in [0.3, 0.4) is 0 Å². The highest BCUT2D eigenvalue weighted by atomic mass is 32.2. The van der Waals surface area contributed by atoms with E-state index >= 15 is 0 Å². The van der Waals surface area contributed by atoms with E-state index in [4.69, 9.17) is 4.52 Å². The fraction of sp³-hybridized carbons (Fsp3) is 0.450. The van der Waals surface area contributed by atoms with Crippen LogP contribution >= 0.6 is 0 Å². The lowest BCUT2D eigenvalue weighted by Gasteiger charge is -2.15. The number of para-hydroxylation sites is 1. The number of carbonyl (C=O) groups is 1. The molecule has 0 unspecified atom stereocenters. The van der Waals surface area contributed by atoms with E-state index < -0.39 is 9.84 Å². The third-order valence-electron chi connectivity index (χ3n) is 5.11. The third kappa shape index (κ3) is 4.05. The zero-order valence-electron chi connectivity index (χ0n) is 16.7. The summed E-state index contributed by atoms with van der Waals surface area (Å²) < 4.78 is 30.8. The fourth-order valence-electron chi connectivity index (χ4n) is 3.51. The van der Waals surface area contributed by atoms with Crippen LogP contribution < -0.4 is 5.32 Å². The van der Waals surface area contributed by atoms with Crippen molar-refractivity contribution in [2.24, 2.45) is 0 Å². The number of amides is 1. The summed E-state index contributed by atoms with van der Waals surface area (Å²) in [7, 11) is -3.08. The molecule has 8 nitrogen and oxygen atoms in total.